The number of piperidine rings is 1. The number of aryl methyl sites for hydroxylation is 2. The van der Waals surface area contributed by atoms with Crippen LogP contribution in [0.2, 0.25) is 0 Å². The summed E-state index contributed by atoms with van der Waals surface area (Å²) in [6.45, 7) is 10.2. The highest BCUT2D eigenvalue weighted by atomic mass is 16.6. The Labute approximate surface area is 316 Å². The lowest BCUT2D eigenvalue weighted by atomic mass is 9.83. The van der Waals surface area contributed by atoms with Crippen molar-refractivity contribution in [2.75, 3.05) is 13.7 Å². The molecule has 2 aliphatic heterocycles. The summed E-state index contributed by atoms with van der Waals surface area (Å²) in [5.74, 6) is 1.77. The van der Waals surface area contributed by atoms with Crippen molar-refractivity contribution in [1.82, 2.24) is 35.1 Å². The number of amides is 3. The number of hydrogen-bond donors (Lipinski definition) is 3. The number of benzene rings is 2. The van der Waals surface area contributed by atoms with Gasteiger partial charge in [-0.15, -0.1) is 0 Å². The van der Waals surface area contributed by atoms with E-state index in [-0.39, 0.29) is 36.0 Å². The zero-order valence-electron chi connectivity index (χ0n) is 32.1. The van der Waals surface area contributed by atoms with E-state index in [0.717, 1.165) is 79.1 Å². The van der Waals surface area contributed by atoms with Crippen LogP contribution in [0.5, 0.6) is 0 Å². The van der Waals surface area contributed by atoms with E-state index >= 15 is 0 Å². The van der Waals surface area contributed by atoms with Gasteiger partial charge >= 0.3 is 12.2 Å². The lowest BCUT2D eigenvalue weighted by Crippen LogP contribution is -2.51. The van der Waals surface area contributed by atoms with Crippen molar-refractivity contribution in [2.24, 2.45) is 11.8 Å². The predicted octanol–water partition coefficient (Wildman–Crippen LogP) is 7.74. The number of H-pyrrole nitrogens is 2. The second-order valence-corrected chi connectivity index (χ2v) is 16.7. The molecule has 2 saturated heterocycles. The second kappa shape index (κ2) is 13.9. The maximum atomic E-state index is 13.6. The summed E-state index contributed by atoms with van der Waals surface area (Å²) in [5, 5.41) is 2.72. The molecular weight excluding hydrogens is 683 g/mol. The molecule has 12 heteroatoms. The first kappa shape index (κ1) is 35.9. The van der Waals surface area contributed by atoms with E-state index in [4.69, 9.17) is 19.4 Å². The minimum atomic E-state index is -0.673. The molecule has 5 unspecified atom stereocenters. The minimum absolute atomic E-state index is 0.0917. The van der Waals surface area contributed by atoms with Gasteiger partial charge in [-0.05, 0) is 123 Å². The number of imidazole rings is 2. The topological polar surface area (TPSA) is 146 Å². The van der Waals surface area contributed by atoms with Crippen LogP contribution in [-0.2, 0) is 27.1 Å². The minimum Gasteiger partial charge on any atom is -0.453 e. The van der Waals surface area contributed by atoms with E-state index in [1.54, 1.807) is 0 Å². The molecule has 4 aromatic rings. The van der Waals surface area contributed by atoms with Crippen LogP contribution in [0.25, 0.3) is 33.6 Å². The van der Waals surface area contributed by atoms with E-state index in [1.807, 2.05) is 56.8 Å². The van der Waals surface area contributed by atoms with Gasteiger partial charge < -0.3 is 29.7 Å². The van der Waals surface area contributed by atoms with Gasteiger partial charge in [0, 0.05) is 12.6 Å². The third kappa shape index (κ3) is 6.64. The molecule has 4 heterocycles. The molecule has 4 aliphatic rings. The molecule has 0 spiro atoms. The molecule has 54 heavy (non-hydrogen) atoms. The number of rotatable bonds is 7. The molecule has 2 aliphatic carbocycles. The summed E-state index contributed by atoms with van der Waals surface area (Å²) >= 11 is 0. The number of hydrogen-bond acceptors (Lipinski definition) is 7. The standard InChI is InChI=1S/C42H51N7O5/c1-23(2)35(47-40(51)53-6)39(50)48-17-7-8-34(48)37-43-21-32(45-37)26-12-15-30-24(18-26)9-10-25-19-27(13-16-31(25)30)33-22-44-38(46-33)36-28-11-14-29(20-28)49(36)41(52)54-42(3,4)5/h12-13,15-16,18-19,21-23,28-29,34-36H,7-11,14,17,20H2,1-6H3,(H,43,45)(H,44,46)(H,47,51). The van der Waals surface area contributed by atoms with E-state index in [1.165, 1.54) is 29.4 Å². The summed E-state index contributed by atoms with van der Waals surface area (Å²) in [4.78, 5) is 59.3. The average molecular weight is 734 g/mol. The Morgan fingerprint density at radius 1 is 0.889 bits per heavy atom. The van der Waals surface area contributed by atoms with Gasteiger partial charge in [0.15, 0.2) is 0 Å². The van der Waals surface area contributed by atoms with Crippen molar-refractivity contribution in [1.29, 1.82) is 0 Å². The highest BCUT2D eigenvalue weighted by Gasteiger charge is 2.51. The zero-order chi connectivity index (χ0) is 37.9. The van der Waals surface area contributed by atoms with Crippen LogP contribution in [0.4, 0.5) is 9.59 Å². The van der Waals surface area contributed by atoms with Crippen LogP contribution < -0.4 is 5.32 Å². The Hall–Kier alpha value is -5.13. The van der Waals surface area contributed by atoms with Crippen LogP contribution in [0.3, 0.4) is 0 Å². The van der Waals surface area contributed by atoms with Crippen LogP contribution in [0, 0.1) is 11.8 Å². The molecule has 2 aromatic carbocycles. The monoisotopic (exact) mass is 733 g/mol. The van der Waals surface area contributed by atoms with Gasteiger partial charge in [-0.3, -0.25) is 9.69 Å². The number of methoxy groups -OCH3 is 1. The smallest absolute Gasteiger partial charge is 0.411 e. The van der Waals surface area contributed by atoms with Gasteiger partial charge in [-0.25, -0.2) is 19.6 Å². The number of likely N-dealkylation sites (tertiary alicyclic amines) is 2. The zero-order valence-corrected chi connectivity index (χ0v) is 32.1. The van der Waals surface area contributed by atoms with Gasteiger partial charge in [-0.2, -0.15) is 0 Å². The quantitative estimate of drug-likeness (QED) is 0.176. The molecule has 2 aromatic heterocycles. The summed E-state index contributed by atoms with van der Waals surface area (Å²) in [5.41, 5.74) is 8.53. The van der Waals surface area contributed by atoms with Gasteiger partial charge in [-0.1, -0.05) is 38.1 Å². The van der Waals surface area contributed by atoms with Crippen molar-refractivity contribution >= 4 is 18.1 Å². The van der Waals surface area contributed by atoms with E-state index in [2.05, 4.69) is 51.7 Å². The molecule has 5 atom stereocenters. The Kier molecular flexibility index (Phi) is 9.26. The number of carbonyl (C=O) groups excluding carboxylic acids is 3. The number of nitrogens with zero attached hydrogens (tertiary/aromatic N) is 4. The van der Waals surface area contributed by atoms with Crippen molar-refractivity contribution in [2.45, 2.75) is 109 Å². The molecule has 1 saturated carbocycles. The molecular formula is C42H51N7O5. The Morgan fingerprint density at radius 3 is 2.13 bits per heavy atom. The lowest BCUT2D eigenvalue weighted by molar-refractivity contribution is -0.135. The Bertz CT molecular complexity index is 2080. The van der Waals surface area contributed by atoms with Crippen LogP contribution in [0.1, 0.15) is 102 Å². The van der Waals surface area contributed by atoms with E-state index < -0.39 is 17.7 Å². The maximum Gasteiger partial charge on any atom is 0.411 e. The van der Waals surface area contributed by atoms with Crippen molar-refractivity contribution in [3.63, 3.8) is 0 Å². The normalized spacial score (nSPS) is 22.3. The van der Waals surface area contributed by atoms with Crippen LogP contribution in [0.15, 0.2) is 48.8 Å². The third-order valence-electron chi connectivity index (χ3n) is 11.7. The number of alkyl carbamates (subject to hydrolysis) is 1. The van der Waals surface area contributed by atoms with Crippen molar-refractivity contribution < 1.29 is 23.9 Å². The summed E-state index contributed by atoms with van der Waals surface area (Å²) in [6.07, 6.45) is 9.52. The summed E-state index contributed by atoms with van der Waals surface area (Å²) < 4.78 is 10.6. The largest absolute Gasteiger partial charge is 0.453 e. The van der Waals surface area contributed by atoms with Crippen LogP contribution in [-0.4, -0.2) is 79.2 Å². The fraction of sp³-hybridized carbons (Fsp3) is 0.500. The number of aromatic amines is 2. The first-order valence-corrected chi connectivity index (χ1v) is 19.4. The maximum absolute atomic E-state index is 13.6. The molecule has 3 amide bonds. The van der Waals surface area contributed by atoms with Gasteiger partial charge in [0.25, 0.3) is 0 Å². The fourth-order valence-corrected chi connectivity index (χ4v) is 9.13. The Morgan fingerprint density at radius 2 is 1.52 bits per heavy atom. The van der Waals surface area contributed by atoms with Crippen molar-refractivity contribution in [3.8, 4) is 33.6 Å². The molecule has 3 N–H and O–H groups in total. The average Bonchev–Trinajstić information content (AvgIpc) is 4.00. The number of nitrogens with one attached hydrogen (secondary N) is 3. The number of aromatic nitrogens is 4. The first-order chi connectivity index (χ1) is 25.9. The third-order valence-corrected chi connectivity index (χ3v) is 11.7. The molecule has 284 valence electrons. The van der Waals surface area contributed by atoms with E-state index in [0.29, 0.717) is 12.5 Å². The SMILES string of the molecule is COC(=O)NC(C(=O)N1CCCC1c1ncc(-c2ccc3c(c2)CCc2cc(-c4cnc(C5C6CCC(C6)N5C(=O)OC(C)(C)C)[nH]4)ccc2-3)[nH]1)C(C)C. The summed E-state index contributed by atoms with van der Waals surface area (Å²) in [7, 11) is 1.30. The fourth-order valence-electron chi connectivity index (χ4n) is 9.13. The molecule has 2 bridgehead atoms. The molecule has 12 nitrogen and oxygen atoms in total. The van der Waals surface area contributed by atoms with Gasteiger partial charge in [0.1, 0.15) is 23.3 Å². The number of ether oxygens (including phenoxy) is 2. The number of carbonyl (C=O) groups is 3. The highest BCUT2D eigenvalue weighted by molar-refractivity contribution is 5.86. The predicted molar refractivity (Wildman–Crippen MR) is 204 cm³/mol. The molecule has 0 radical (unpaired) electrons. The number of fused-ring (bicyclic) bond motifs is 5. The first-order valence-electron chi connectivity index (χ1n) is 19.4. The second-order valence-electron chi connectivity index (χ2n) is 16.7. The molecule has 3 fully saturated rings. The lowest BCUT2D eigenvalue weighted by Gasteiger charge is -2.35. The summed E-state index contributed by atoms with van der Waals surface area (Å²) in [6, 6.07) is 12.5. The highest BCUT2D eigenvalue weighted by Crippen LogP contribution is 2.50. The van der Waals surface area contributed by atoms with Crippen molar-refractivity contribution in [3.05, 3.63) is 71.6 Å². The van der Waals surface area contributed by atoms with E-state index in [9.17, 15) is 14.4 Å². The van der Waals surface area contributed by atoms with Crippen LogP contribution >= 0.6 is 0 Å². The van der Waals surface area contributed by atoms with Gasteiger partial charge in [0.2, 0.25) is 5.91 Å². The Balaban J connectivity index is 0.984. The molecule has 8 rings (SSSR count). The van der Waals surface area contributed by atoms with Gasteiger partial charge in [0.05, 0.1) is 43.0 Å².